The second-order valence-corrected chi connectivity index (χ2v) is 5.65. The van der Waals surface area contributed by atoms with Crippen molar-refractivity contribution in [1.82, 2.24) is 5.32 Å². The number of ether oxygens (including phenoxy) is 2. The van der Waals surface area contributed by atoms with E-state index in [-0.39, 0.29) is 0 Å². The number of halogens is 6. The van der Waals surface area contributed by atoms with Gasteiger partial charge in [-0.1, -0.05) is 6.58 Å². The minimum atomic E-state index is -6.49. The first-order chi connectivity index (χ1) is 11.0. The molecule has 0 aliphatic heterocycles. The Hall–Kier alpha value is -1.87. The lowest BCUT2D eigenvalue weighted by Gasteiger charge is -2.34. The van der Waals surface area contributed by atoms with Gasteiger partial charge in [-0.15, -0.1) is 0 Å². The van der Waals surface area contributed by atoms with E-state index in [4.69, 9.17) is 0 Å². The lowest BCUT2D eigenvalue weighted by Crippen LogP contribution is -2.62. The van der Waals surface area contributed by atoms with Crippen LogP contribution in [0, 0.1) is 0 Å². The summed E-state index contributed by atoms with van der Waals surface area (Å²) in [6.45, 7) is -0.00920. The highest BCUT2D eigenvalue weighted by atomic mass is 32.2. The van der Waals surface area contributed by atoms with Crippen molar-refractivity contribution in [1.29, 1.82) is 0 Å². The summed E-state index contributed by atoms with van der Waals surface area (Å²) in [6.07, 6.45) is -6.07. The van der Waals surface area contributed by atoms with E-state index in [1.165, 1.54) is 5.32 Å². The van der Waals surface area contributed by atoms with Gasteiger partial charge in [-0.05, 0) is 6.92 Å². The minimum Gasteiger partial charge on any atom is -0.743 e. The fraction of sp³-hybridized carbons (Fsp3) is 0.600. The molecule has 0 aliphatic carbocycles. The predicted octanol–water partition coefficient (Wildman–Crippen LogP) is 0.562. The van der Waals surface area contributed by atoms with Gasteiger partial charge in [-0.2, -0.15) is 26.3 Å². The molecule has 0 heterocycles. The topological polar surface area (TPSA) is 122 Å². The van der Waals surface area contributed by atoms with Crippen molar-refractivity contribution in [3.63, 3.8) is 0 Å². The van der Waals surface area contributed by atoms with Crippen LogP contribution in [0.4, 0.5) is 26.3 Å². The first kappa shape index (κ1) is 23.1. The zero-order valence-electron chi connectivity index (χ0n) is 12.2. The number of hydrogen-bond donors (Lipinski definition) is 1. The molecule has 8 nitrogen and oxygen atoms in total. The number of carbonyl (C=O) groups excluding carboxylic acids is 2. The molecule has 1 atom stereocenters. The van der Waals surface area contributed by atoms with Crippen molar-refractivity contribution >= 4 is 22.0 Å². The highest BCUT2D eigenvalue weighted by Gasteiger charge is 2.67. The summed E-state index contributed by atoms with van der Waals surface area (Å²) >= 11 is 0. The summed E-state index contributed by atoms with van der Waals surface area (Å²) < 4.78 is 116. The van der Waals surface area contributed by atoms with Crippen LogP contribution < -0.4 is 5.32 Å². The van der Waals surface area contributed by atoms with Gasteiger partial charge in [0.1, 0.15) is 6.61 Å². The monoisotopic (exact) mass is 402 g/mol. The number of esters is 1. The quantitative estimate of drug-likeness (QED) is 0.207. The highest BCUT2D eigenvalue weighted by molar-refractivity contribution is 7.86. The molecule has 0 rings (SSSR count). The van der Waals surface area contributed by atoms with Crippen molar-refractivity contribution in [3.8, 4) is 0 Å². The molecule has 0 spiro atoms. The third kappa shape index (κ3) is 5.30. The predicted molar refractivity (Wildman–Crippen MR) is 64.4 cm³/mol. The molecule has 1 amide bonds. The van der Waals surface area contributed by atoms with Gasteiger partial charge in [0.15, 0.2) is 10.1 Å². The van der Waals surface area contributed by atoms with Crippen molar-refractivity contribution < 1.29 is 58.4 Å². The molecule has 0 aromatic carbocycles. The average molecular weight is 402 g/mol. The maximum Gasteiger partial charge on any atom is 0.466 e. The maximum absolute atomic E-state index is 13.2. The van der Waals surface area contributed by atoms with Crippen LogP contribution in [0.2, 0.25) is 0 Å². The van der Waals surface area contributed by atoms with Gasteiger partial charge in [0.05, 0.1) is 0 Å². The van der Waals surface area contributed by atoms with Gasteiger partial charge >= 0.3 is 29.1 Å². The molecule has 15 heteroatoms. The Morgan fingerprint density at radius 3 is 2.00 bits per heavy atom. The fourth-order valence-electron chi connectivity index (χ4n) is 1.13. The lowest BCUT2D eigenvalue weighted by molar-refractivity contribution is -0.353. The molecule has 0 aliphatic rings. The standard InChI is InChI=1S/C10H11F6NO7S/c1-3-17-7(19)9(10(14,15)16,24-6(18)5(2)11)23-4-8(12,13)25(20,21)22/h2-4H2,1H3,(H,17,19)(H,20,21,22)/p-1. The summed E-state index contributed by atoms with van der Waals surface area (Å²) in [7, 11) is -6.49. The van der Waals surface area contributed by atoms with Crippen LogP contribution in [0.25, 0.3) is 0 Å². The molecule has 25 heavy (non-hydrogen) atoms. The number of nitrogens with one attached hydrogen (secondary N) is 1. The Morgan fingerprint density at radius 2 is 1.68 bits per heavy atom. The molecule has 0 bridgehead atoms. The van der Waals surface area contributed by atoms with E-state index in [2.05, 4.69) is 16.1 Å². The Balaban J connectivity index is 6.06. The molecule has 146 valence electrons. The third-order valence-electron chi connectivity index (χ3n) is 2.28. The van der Waals surface area contributed by atoms with Gasteiger partial charge in [-0.25, -0.2) is 13.2 Å². The second kappa shape index (κ2) is 7.57. The molecule has 1 unspecified atom stereocenters. The van der Waals surface area contributed by atoms with E-state index in [0.717, 1.165) is 6.92 Å². The van der Waals surface area contributed by atoms with E-state index < -0.39 is 58.2 Å². The number of rotatable bonds is 8. The molecule has 1 N–H and O–H groups in total. The van der Waals surface area contributed by atoms with E-state index >= 15 is 0 Å². The summed E-state index contributed by atoms with van der Waals surface area (Å²) in [5, 5.41) is -3.99. The molecular formula is C10H10F6NO7S-. The zero-order valence-corrected chi connectivity index (χ0v) is 13.0. The number of amides is 1. The van der Waals surface area contributed by atoms with Gasteiger partial charge in [0.2, 0.25) is 5.83 Å². The SMILES string of the molecule is C=C(F)C(=O)OC(OCC(F)(F)S(=O)(=O)[O-])(C(=O)NCC)C(F)(F)F. The van der Waals surface area contributed by atoms with Gasteiger partial charge in [-0.3, -0.25) is 4.79 Å². The van der Waals surface area contributed by atoms with E-state index in [0.29, 0.717) is 0 Å². The van der Waals surface area contributed by atoms with Gasteiger partial charge < -0.3 is 19.3 Å². The van der Waals surface area contributed by atoms with Crippen molar-refractivity contribution in [2.75, 3.05) is 13.2 Å². The van der Waals surface area contributed by atoms with Crippen molar-refractivity contribution in [2.24, 2.45) is 0 Å². The second-order valence-electron chi connectivity index (χ2n) is 4.15. The highest BCUT2D eigenvalue weighted by Crippen LogP contribution is 2.37. The molecule has 0 saturated heterocycles. The number of hydrogen-bond acceptors (Lipinski definition) is 7. The molecule has 0 fully saturated rings. The summed E-state index contributed by atoms with van der Waals surface area (Å²) in [5.41, 5.74) is 0. The molecule has 0 aromatic rings. The average Bonchev–Trinajstić information content (AvgIpc) is 2.40. The van der Waals surface area contributed by atoms with Crippen LogP contribution in [0.1, 0.15) is 6.92 Å². The molecule has 0 radical (unpaired) electrons. The summed E-state index contributed by atoms with van der Waals surface area (Å²) in [5.74, 6) is -11.9. The number of carbonyl (C=O) groups is 2. The first-order valence-corrected chi connectivity index (χ1v) is 7.32. The number of likely N-dealkylation sites (N-methyl/N-ethyl adjacent to an activating group) is 1. The Labute approximate surface area is 136 Å². The van der Waals surface area contributed by atoms with E-state index in [1.807, 2.05) is 0 Å². The Kier molecular flexibility index (Phi) is 7.00. The smallest absolute Gasteiger partial charge is 0.466 e. The summed E-state index contributed by atoms with van der Waals surface area (Å²) in [6, 6.07) is 0. The van der Waals surface area contributed by atoms with Crippen molar-refractivity contribution in [2.45, 2.75) is 24.1 Å². The molecular weight excluding hydrogens is 392 g/mol. The Bertz CT molecular complexity index is 647. The van der Waals surface area contributed by atoms with E-state index in [1.54, 1.807) is 0 Å². The molecule has 0 saturated carbocycles. The number of alkyl halides is 5. The van der Waals surface area contributed by atoms with Gasteiger partial charge in [0.25, 0.3) is 0 Å². The van der Waals surface area contributed by atoms with E-state index in [9.17, 15) is 48.9 Å². The van der Waals surface area contributed by atoms with Crippen LogP contribution in [0.3, 0.4) is 0 Å². The van der Waals surface area contributed by atoms with Crippen LogP contribution >= 0.6 is 0 Å². The normalized spacial score (nSPS) is 15.2. The summed E-state index contributed by atoms with van der Waals surface area (Å²) in [4.78, 5) is 22.6. The maximum atomic E-state index is 13.2. The van der Waals surface area contributed by atoms with Crippen molar-refractivity contribution in [3.05, 3.63) is 12.4 Å². The minimum absolute atomic E-state index is 0.551. The van der Waals surface area contributed by atoms with Crippen LogP contribution in [-0.2, 0) is 29.2 Å². The lowest BCUT2D eigenvalue weighted by atomic mass is 10.2. The van der Waals surface area contributed by atoms with Gasteiger partial charge in [0, 0.05) is 6.54 Å². The first-order valence-electron chi connectivity index (χ1n) is 5.92. The largest absolute Gasteiger partial charge is 0.743 e. The zero-order chi connectivity index (χ0) is 20.3. The van der Waals surface area contributed by atoms with Crippen LogP contribution in [-0.4, -0.2) is 55.2 Å². The van der Waals surface area contributed by atoms with Crippen LogP contribution in [0.15, 0.2) is 12.4 Å². The van der Waals surface area contributed by atoms with Crippen LogP contribution in [0.5, 0.6) is 0 Å². The Morgan fingerprint density at radius 1 is 1.20 bits per heavy atom. The third-order valence-corrected chi connectivity index (χ3v) is 3.13. The molecule has 0 aromatic heterocycles. The fourth-order valence-corrected chi connectivity index (χ4v) is 1.33.